The van der Waals surface area contributed by atoms with Crippen molar-refractivity contribution < 1.29 is 9.90 Å². The van der Waals surface area contributed by atoms with Crippen LogP contribution in [-0.4, -0.2) is 15.6 Å². The van der Waals surface area contributed by atoms with Crippen molar-refractivity contribution in [1.29, 1.82) is 0 Å². The molecule has 3 aromatic rings. The Morgan fingerprint density at radius 3 is 2.69 bits per heavy atom. The number of carbonyl (C=O) groups excluding carboxylic acids is 1. The Bertz CT molecular complexity index is 1030. The van der Waals surface area contributed by atoms with E-state index in [0.29, 0.717) is 10.7 Å². The first-order chi connectivity index (χ1) is 12.4. The van der Waals surface area contributed by atoms with Crippen LogP contribution in [-0.2, 0) is 6.54 Å². The van der Waals surface area contributed by atoms with Crippen LogP contribution >= 0.6 is 11.6 Å². The first-order valence-electron chi connectivity index (χ1n) is 7.99. The van der Waals surface area contributed by atoms with Crippen LogP contribution in [0.3, 0.4) is 0 Å². The van der Waals surface area contributed by atoms with E-state index in [0.717, 1.165) is 11.1 Å². The number of aromatic hydroxyl groups is 1. The number of halogens is 1. The summed E-state index contributed by atoms with van der Waals surface area (Å²) in [4.78, 5) is 24.5. The smallest absolute Gasteiger partial charge is 0.259 e. The Morgan fingerprint density at radius 2 is 1.92 bits per heavy atom. The van der Waals surface area contributed by atoms with Crippen LogP contribution in [0.25, 0.3) is 0 Å². The number of rotatable bonds is 4. The number of amides is 1. The summed E-state index contributed by atoms with van der Waals surface area (Å²) >= 11 is 6.15. The van der Waals surface area contributed by atoms with Crippen LogP contribution in [0.4, 0.5) is 5.69 Å². The third kappa shape index (κ3) is 3.95. The van der Waals surface area contributed by atoms with Crippen LogP contribution in [0, 0.1) is 6.92 Å². The van der Waals surface area contributed by atoms with Crippen molar-refractivity contribution in [2.45, 2.75) is 13.5 Å². The Hall–Kier alpha value is -3.05. The highest BCUT2D eigenvalue weighted by molar-refractivity contribution is 6.31. The summed E-state index contributed by atoms with van der Waals surface area (Å²) in [6, 6.07) is 15.0. The quantitative estimate of drug-likeness (QED) is 0.735. The van der Waals surface area contributed by atoms with E-state index in [1.165, 1.54) is 22.8 Å². The highest BCUT2D eigenvalue weighted by atomic mass is 35.5. The third-order valence-electron chi connectivity index (χ3n) is 3.94. The molecular formula is C20H17ClN2O3. The second kappa shape index (κ2) is 7.45. The van der Waals surface area contributed by atoms with E-state index in [1.54, 1.807) is 24.4 Å². The van der Waals surface area contributed by atoms with Gasteiger partial charge in [0.2, 0.25) is 0 Å². The van der Waals surface area contributed by atoms with Gasteiger partial charge in [-0.15, -0.1) is 0 Å². The van der Waals surface area contributed by atoms with Gasteiger partial charge in [-0.1, -0.05) is 41.4 Å². The lowest BCUT2D eigenvalue weighted by molar-refractivity contribution is 0.102. The predicted molar refractivity (Wildman–Crippen MR) is 102 cm³/mol. The Labute approximate surface area is 155 Å². The standard InChI is InChI=1S/C20H17ClN2O3/c1-13-6-8-18(24)16(10-13)20(26)22-15-7-9-19(25)23(12-15)11-14-4-2-3-5-17(14)21/h2-10,12,24H,11H2,1H3,(H,22,26). The Morgan fingerprint density at radius 1 is 1.15 bits per heavy atom. The average molecular weight is 369 g/mol. The zero-order valence-electron chi connectivity index (χ0n) is 14.1. The summed E-state index contributed by atoms with van der Waals surface area (Å²) in [5, 5.41) is 13.1. The molecule has 0 radical (unpaired) electrons. The minimum atomic E-state index is -0.450. The summed E-state index contributed by atoms with van der Waals surface area (Å²) in [5.41, 5.74) is 2.07. The molecule has 0 unspecified atom stereocenters. The zero-order chi connectivity index (χ0) is 18.7. The van der Waals surface area contributed by atoms with E-state index in [-0.39, 0.29) is 23.4 Å². The molecule has 0 saturated heterocycles. The van der Waals surface area contributed by atoms with Gasteiger partial charge >= 0.3 is 0 Å². The number of hydrogen-bond donors (Lipinski definition) is 2. The number of carbonyl (C=O) groups is 1. The molecule has 0 aliphatic carbocycles. The van der Waals surface area contributed by atoms with Crippen molar-refractivity contribution in [2.75, 3.05) is 5.32 Å². The highest BCUT2D eigenvalue weighted by Crippen LogP contribution is 2.20. The molecule has 6 heteroatoms. The van der Waals surface area contributed by atoms with Crippen molar-refractivity contribution >= 4 is 23.2 Å². The zero-order valence-corrected chi connectivity index (χ0v) is 14.8. The number of aromatic nitrogens is 1. The van der Waals surface area contributed by atoms with Gasteiger partial charge in [-0.3, -0.25) is 9.59 Å². The Balaban J connectivity index is 1.86. The second-order valence-electron chi connectivity index (χ2n) is 5.95. The fourth-order valence-electron chi connectivity index (χ4n) is 2.57. The molecule has 1 heterocycles. The largest absolute Gasteiger partial charge is 0.507 e. The number of pyridine rings is 1. The summed E-state index contributed by atoms with van der Waals surface area (Å²) in [6.45, 7) is 2.12. The van der Waals surface area contributed by atoms with Crippen molar-refractivity contribution in [2.24, 2.45) is 0 Å². The molecule has 132 valence electrons. The van der Waals surface area contributed by atoms with Crippen molar-refractivity contribution in [1.82, 2.24) is 4.57 Å². The maximum atomic E-state index is 12.4. The van der Waals surface area contributed by atoms with Gasteiger partial charge in [0.15, 0.2) is 0 Å². The lowest BCUT2D eigenvalue weighted by atomic mass is 10.1. The summed E-state index contributed by atoms with van der Waals surface area (Å²) in [7, 11) is 0. The topological polar surface area (TPSA) is 71.3 Å². The van der Waals surface area contributed by atoms with Crippen LogP contribution < -0.4 is 10.9 Å². The lowest BCUT2D eigenvalue weighted by Crippen LogP contribution is -2.21. The molecule has 0 saturated carbocycles. The number of anilines is 1. The number of phenolic OH excluding ortho intramolecular Hbond substituents is 1. The van der Waals surface area contributed by atoms with Gasteiger partial charge in [0, 0.05) is 17.3 Å². The lowest BCUT2D eigenvalue weighted by Gasteiger charge is -2.11. The summed E-state index contributed by atoms with van der Waals surface area (Å²) < 4.78 is 1.47. The van der Waals surface area contributed by atoms with E-state index in [1.807, 2.05) is 25.1 Å². The molecule has 0 spiro atoms. The number of nitrogens with zero attached hydrogens (tertiary/aromatic N) is 1. The van der Waals surface area contributed by atoms with E-state index in [4.69, 9.17) is 11.6 Å². The van der Waals surface area contributed by atoms with Crippen molar-refractivity contribution in [3.05, 3.63) is 92.9 Å². The van der Waals surface area contributed by atoms with Crippen molar-refractivity contribution in [3.8, 4) is 5.75 Å². The number of aryl methyl sites for hydroxylation is 1. The van der Waals surface area contributed by atoms with E-state index in [9.17, 15) is 14.7 Å². The van der Waals surface area contributed by atoms with E-state index >= 15 is 0 Å². The SMILES string of the molecule is Cc1ccc(O)c(C(=O)Nc2ccc(=O)n(Cc3ccccc3Cl)c2)c1. The third-order valence-corrected chi connectivity index (χ3v) is 4.31. The number of nitrogens with one attached hydrogen (secondary N) is 1. The molecular weight excluding hydrogens is 352 g/mol. The van der Waals surface area contributed by atoms with Gasteiger partial charge in [0.25, 0.3) is 11.5 Å². The van der Waals surface area contributed by atoms with Gasteiger partial charge in [-0.05, 0) is 36.8 Å². The fourth-order valence-corrected chi connectivity index (χ4v) is 2.76. The molecule has 0 bridgehead atoms. The highest BCUT2D eigenvalue weighted by Gasteiger charge is 2.12. The molecule has 3 rings (SSSR count). The van der Waals surface area contributed by atoms with Gasteiger partial charge < -0.3 is 15.0 Å². The minimum Gasteiger partial charge on any atom is -0.507 e. The van der Waals surface area contributed by atoms with E-state index in [2.05, 4.69) is 5.32 Å². The monoisotopic (exact) mass is 368 g/mol. The summed E-state index contributed by atoms with van der Waals surface area (Å²) in [6.07, 6.45) is 1.55. The maximum absolute atomic E-state index is 12.4. The number of hydrogen-bond acceptors (Lipinski definition) is 3. The minimum absolute atomic E-state index is 0.0995. The van der Waals surface area contributed by atoms with Gasteiger partial charge in [0.05, 0.1) is 17.8 Å². The van der Waals surface area contributed by atoms with Crippen LogP contribution in [0.5, 0.6) is 5.75 Å². The normalized spacial score (nSPS) is 10.5. The van der Waals surface area contributed by atoms with Crippen LogP contribution in [0.1, 0.15) is 21.5 Å². The molecule has 5 nitrogen and oxygen atoms in total. The van der Waals surface area contributed by atoms with Gasteiger partial charge in [-0.25, -0.2) is 0 Å². The van der Waals surface area contributed by atoms with Gasteiger partial charge in [-0.2, -0.15) is 0 Å². The fraction of sp³-hybridized carbons (Fsp3) is 0.100. The molecule has 26 heavy (non-hydrogen) atoms. The summed E-state index contributed by atoms with van der Waals surface area (Å²) in [5.74, 6) is -0.549. The van der Waals surface area contributed by atoms with Crippen molar-refractivity contribution in [3.63, 3.8) is 0 Å². The first-order valence-corrected chi connectivity index (χ1v) is 8.37. The molecule has 0 aliphatic rings. The number of phenols is 1. The van der Waals surface area contributed by atoms with Crippen LogP contribution in [0.2, 0.25) is 5.02 Å². The van der Waals surface area contributed by atoms with Crippen LogP contribution in [0.15, 0.2) is 65.6 Å². The second-order valence-corrected chi connectivity index (χ2v) is 6.36. The molecule has 0 aliphatic heterocycles. The maximum Gasteiger partial charge on any atom is 0.259 e. The molecule has 2 aromatic carbocycles. The Kier molecular flexibility index (Phi) is 5.09. The molecule has 2 N–H and O–H groups in total. The molecule has 1 aromatic heterocycles. The van der Waals surface area contributed by atoms with Gasteiger partial charge in [0.1, 0.15) is 5.75 Å². The molecule has 0 atom stereocenters. The first kappa shape index (κ1) is 17.8. The van der Waals surface area contributed by atoms with E-state index < -0.39 is 5.91 Å². The molecule has 0 fully saturated rings. The number of benzene rings is 2. The predicted octanol–water partition coefficient (Wildman–Crippen LogP) is 3.82. The molecule has 1 amide bonds. The average Bonchev–Trinajstić information content (AvgIpc) is 2.61.